The second-order valence-electron chi connectivity index (χ2n) is 8.18. The number of esters is 1. The topological polar surface area (TPSA) is 109 Å². The molecule has 9 heteroatoms. The van der Waals surface area contributed by atoms with Crippen molar-refractivity contribution in [3.8, 4) is 0 Å². The van der Waals surface area contributed by atoms with Gasteiger partial charge in [0.2, 0.25) is 0 Å². The number of carbonyl (C=O) groups is 3. The minimum atomic E-state index is -0.680. The second-order valence-corrected chi connectivity index (χ2v) is 8.18. The Kier molecular flexibility index (Phi) is 8.86. The Morgan fingerprint density at radius 2 is 1.74 bits per heavy atom. The van der Waals surface area contributed by atoms with Crippen molar-refractivity contribution < 1.29 is 23.9 Å². The van der Waals surface area contributed by atoms with Crippen LogP contribution in [0.15, 0.2) is 59.8 Å². The molecule has 186 valence electrons. The van der Waals surface area contributed by atoms with Crippen LogP contribution in [0.25, 0.3) is 0 Å². The SMILES string of the molecule is CCCN1C(=O)NC(c2ccc(NC(=O)Nc3ccccc3C)cc2)C(C(=O)OCCOC)=C1C. The van der Waals surface area contributed by atoms with Crippen LogP contribution in [0.3, 0.4) is 0 Å². The van der Waals surface area contributed by atoms with Gasteiger partial charge in [-0.25, -0.2) is 14.4 Å². The fraction of sp³-hybridized carbons (Fsp3) is 0.346. The molecule has 1 atom stereocenters. The summed E-state index contributed by atoms with van der Waals surface area (Å²) in [5, 5.41) is 8.53. The number of ether oxygens (including phenoxy) is 2. The molecule has 9 nitrogen and oxygen atoms in total. The van der Waals surface area contributed by atoms with E-state index in [1.165, 1.54) is 7.11 Å². The first-order valence-corrected chi connectivity index (χ1v) is 11.5. The van der Waals surface area contributed by atoms with E-state index < -0.39 is 12.0 Å². The van der Waals surface area contributed by atoms with Crippen molar-refractivity contribution in [2.75, 3.05) is 37.5 Å². The number of amides is 4. The largest absolute Gasteiger partial charge is 0.460 e. The van der Waals surface area contributed by atoms with Crippen molar-refractivity contribution in [1.29, 1.82) is 0 Å². The number of methoxy groups -OCH3 is 1. The zero-order valence-corrected chi connectivity index (χ0v) is 20.5. The number of nitrogens with zero attached hydrogens (tertiary/aromatic N) is 1. The van der Waals surface area contributed by atoms with E-state index in [1.54, 1.807) is 36.1 Å². The maximum atomic E-state index is 13.0. The highest BCUT2D eigenvalue weighted by atomic mass is 16.6. The maximum absolute atomic E-state index is 13.0. The molecule has 0 spiro atoms. The average molecular weight is 481 g/mol. The van der Waals surface area contributed by atoms with Crippen LogP contribution in [0.2, 0.25) is 0 Å². The van der Waals surface area contributed by atoms with E-state index in [-0.39, 0.29) is 25.3 Å². The molecule has 0 bridgehead atoms. The van der Waals surface area contributed by atoms with E-state index in [1.807, 2.05) is 38.1 Å². The maximum Gasteiger partial charge on any atom is 0.338 e. The first kappa shape index (κ1) is 25.8. The molecule has 3 N–H and O–H groups in total. The van der Waals surface area contributed by atoms with Gasteiger partial charge in [-0.1, -0.05) is 37.3 Å². The Morgan fingerprint density at radius 1 is 1.03 bits per heavy atom. The quantitative estimate of drug-likeness (QED) is 0.360. The summed E-state index contributed by atoms with van der Waals surface area (Å²) in [5.41, 5.74) is 3.86. The number of urea groups is 2. The average Bonchev–Trinajstić information content (AvgIpc) is 2.83. The fourth-order valence-electron chi connectivity index (χ4n) is 3.84. The van der Waals surface area contributed by atoms with Gasteiger partial charge in [-0.15, -0.1) is 0 Å². The van der Waals surface area contributed by atoms with Crippen LogP contribution in [0.5, 0.6) is 0 Å². The zero-order valence-electron chi connectivity index (χ0n) is 20.5. The summed E-state index contributed by atoms with van der Waals surface area (Å²) in [4.78, 5) is 39.7. The van der Waals surface area contributed by atoms with Gasteiger partial charge >= 0.3 is 18.0 Å². The molecule has 0 saturated heterocycles. The molecule has 0 radical (unpaired) electrons. The van der Waals surface area contributed by atoms with Crippen molar-refractivity contribution in [1.82, 2.24) is 10.2 Å². The van der Waals surface area contributed by atoms with Gasteiger partial charge in [-0.3, -0.25) is 4.90 Å². The predicted octanol–water partition coefficient (Wildman–Crippen LogP) is 4.58. The standard InChI is InChI=1S/C26H32N4O5/c1-5-14-30-18(3)22(24(31)35-16-15-34-4)23(29-26(30)33)19-10-12-20(13-11-19)27-25(32)28-21-9-7-6-8-17(21)2/h6-13,23H,5,14-16H2,1-4H3,(H,29,33)(H2,27,28,32). The molecule has 0 aliphatic carbocycles. The number of para-hydroxylation sites is 1. The first-order valence-electron chi connectivity index (χ1n) is 11.5. The van der Waals surface area contributed by atoms with Crippen LogP contribution >= 0.6 is 0 Å². The minimum Gasteiger partial charge on any atom is -0.460 e. The lowest BCUT2D eigenvalue weighted by Gasteiger charge is -2.35. The molecule has 1 unspecified atom stereocenters. The van der Waals surface area contributed by atoms with Gasteiger partial charge < -0.3 is 25.4 Å². The smallest absolute Gasteiger partial charge is 0.338 e. The number of anilines is 2. The van der Waals surface area contributed by atoms with Crippen molar-refractivity contribution in [2.45, 2.75) is 33.2 Å². The van der Waals surface area contributed by atoms with Gasteiger partial charge in [0.05, 0.1) is 18.2 Å². The molecule has 1 heterocycles. The van der Waals surface area contributed by atoms with Gasteiger partial charge in [-0.2, -0.15) is 0 Å². The van der Waals surface area contributed by atoms with Crippen molar-refractivity contribution in [3.63, 3.8) is 0 Å². The number of hydrogen-bond donors (Lipinski definition) is 3. The molecule has 0 aromatic heterocycles. The normalized spacial score (nSPS) is 15.5. The minimum absolute atomic E-state index is 0.111. The molecule has 0 fully saturated rings. The lowest BCUT2D eigenvalue weighted by molar-refractivity contribution is -0.140. The summed E-state index contributed by atoms with van der Waals surface area (Å²) >= 11 is 0. The van der Waals surface area contributed by atoms with Gasteiger partial charge in [-0.05, 0) is 49.6 Å². The Hall–Kier alpha value is -3.85. The molecular weight excluding hydrogens is 448 g/mol. The van der Waals surface area contributed by atoms with Crippen molar-refractivity contribution >= 4 is 29.4 Å². The number of aryl methyl sites for hydroxylation is 1. The van der Waals surface area contributed by atoms with E-state index in [9.17, 15) is 14.4 Å². The summed E-state index contributed by atoms with van der Waals surface area (Å²) in [5.74, 6) is -0.509. The monoisotopic (exact) mass is 480 g/mol. The number of nitrogens with one attached hydrogen (secondary N) is 3. The second kappa shape index (κ2) is 12.0. The van der Waals surface area contributed by atoms with Crippen LogP contribution < -0.4 is 16.0 Å². The number of benzene rings is 2. The fourth-order valence-corrected chi connectivity index (χ4v) is 3.84. The van der Waals surface area contributed by atoms with Gasteiger partial charge in [0.15, 0.2) is 0 Å². The van der Waals surface area contributed by atoms with E-state index in [4.69, 9.17) is 9.47 Å². The van der Waals surface area contributed by atoms with Gasteiger partial charge in [0, 0.05) is 30.7 Å². The Balaban J connectivity index is 1.79. The third-order valence-corrected chi connectivity index (χ3v) is 5.68. The Labute approximate surface area is 205 Å². The summed E-state index contributed by atoms with van der Waals surface area (Å²) in [6.45, 7) is 6.50. The van der Waals surface area contributed by atoms with Crippen LogP contribution in [-0.4, -0.2) is 49.8 Å². The molecule has 2 aromatic rings. The molecule has 1 aliphatic heterocycles. The Morgan fingerprint density at radius 3 is 2.40 bits per heavy atom. The third-order valence-electron chi connectivity index (χ3n) is 5.68. The van der Waals surface area contributed by atoms with E-state index >= 15 is 0 Å². The van der Waals surface area contributed by atoms with Gasteiger partial charge in [0.25, 0.3) is 0 Å². The number of hydrogen-bond acceptors (Lipinski definition) is 5. The highest BCUT2D eigenvalue weighted by molar-refractivity contribution is 6.00. The Bertz CT molecular complexity index is 1100. The highest BCUT2D eigenvalue weighted by Crippen LogP contribution is 2.32. The number of rotatable bonds is 9. The van der Waals surface area contributed by atoms with Gasteiger partial charge in [0.1, 0.15) is 6.61 Å². The summed E-state index contributed by atoms with van der Waals surface area (Å²) in [6.07, 6.45) is 0.742. The molecule has 3 rings (SSSR count). The molecule has 2 aromatic carbocycles. The number of carbonyl (C=O) groups excluding carboxylic acids is 3. The first-order chi connectivity index (χ1) is 16.8. The molecular formula is C26H32N4O5. The van der Waals surface area contributed by atoms with Crippen LogP contribution in [0.4, 0.5) is 21.0 Å². The molecule has 4 amide bonds. The summed E-state index contributed by atoms with van der Waals surface area (Å²) < 4.78 is 10.4. The van der Waals surface area contributed by atoms with E-state index in [0.717, 1.165) is 17.7 Å². The summed E-state index contributed by atoms with van der Waals surface area (Å²) in [6, 6.07) is 13.1. The van der Waals surface area contributed by atoms with E-state index in [0.29, 0.717) is 29.1 Å². The highest BCUT2D eigenvalue weighted by Gasteiger charge is 2.36. The number of allylic oxidation sites excluding steroid dienone is 1. The zero-order chi connectivity index (χ0) is 25.4. The lowest BCUT2D eigenvalue weighted by atomic mass is 9.94. The van der Waals surface area contributed by atoms with Crippen LogP contribution in [0, 0.1) is 6.92 Å². The van der Waals surface area contributed by atoms with Crippen LogP contribution in [0.1, 0.15) is 37.4 Å². The molecule has 35 heavy (non-hydrogen) atoms. The van der Waals surface area contributed by atoms with Crippen molar-refractivity contribution in [2.24, 2.45) is 0 Å². The summed E-state index contributed by atoms with van der Waals surface area (Å²) in [7, 11) is 1.53. The lowest BCUT2D eigenvalue weighted by Crippen LogP contribution is -2.48. The predicted molar refractivity (Wildman–Crippen MR) is 134 cm³/mol. The molecule has 1 aliphatic rings. The van der Waals surface area contributed by atoms with E-state index in [2.05, 4.69) is 16.0 Å². The van der Waals surface area contributed by atoms with Crippen molar-refractivity contribution in [3.05, 3.63) is 70.9 Å². The third kappa shape index (κ3) is 6.39. The molecule has 0 saturated carbocycles. The van der Waals surface area contributed by atoms with Crippen LogP contribution in [-0.2, 0) is 14.3 Å².